The molecule has 0 bridgehead atoms. The van der Waals surface area contributed by atoms with Gasteiger partial charge in [0.2, 0.25) is 0 Å². The van der Waals surface area contributed by atoms with Crippen molar-refractivity contribution < 1.29 is 14.6 Å². The van der Waals surface area contributed by atoms with Gasteiger partial charge in [0.1, 0.15) is 0 Å². The highest BCUT2D eigenvalue weighted by Crippen LogP contribution is 2.45. The molecule has 2 atom stereocenters. The summed E-state index contributed by atoms with van der Waals surface area (Å²) in [6, 6.07) is 0. The van der Waals surface area contributed by atoms with Gasteiger partial charge in [-0.2, -0.15) is 0 Å². The molecule has 150 valence electrons. The predicted octanol–water partition coefficient (Wildman–Crippen LogP) is 5.79. The monoisotopic (exact) mass is 356 g/mol. The smallest absolute Gasteiger partial charge is 0.178 e. The molecular weight excluding hydrogens is 312 g/mol. The van der Waals surface area contributed by atoms with Crippen molar-refractivity contribution in [1.82, 2.24) is 0 Å². The lowest BCUT2D eigenvalue weighted by molar-refractivity contribution is -0.199. The standard InChI is InChI=1S/C22H44O3/c1-20(2,3)14-18(21(4,5)6)16-10-12-17(13-11-16)24-15-19(23)25-22(7,8)9/h16-19,23H,10-15H2,1-9H3. The maximum absolute atomic E-state index is 9.94. The molecular formula is C22H44O3. The van der Waals surface area contributed by atoms with E-state index in [-0.39, 0.29) is 18.3 Å². The van der Waals surface area contributed by atoms with Crippen LogP contribution in [0.15, 0.2) is 0 Å². The number of rotatable bonds is 6. The summed E-state index contributed by atoms with van der Waals surface area (Å²) >= 11 is 0. The van der Waals surface area contributed by atoms with Crippen molar-refractivity contribution in [2.75, 3.05) is 6.61 Å². The van der Waals surface area contributed by atoms with Crippen LogP contribution in [0.25, 0.3) is 0 Å². The number of aliphatic hydroxyl groups excluding tert-OH is 1. The van der Waals surface area contributed by atoms with Gasteiger partial charge in [0, 0.05) is 0 Å². The molecule has 1 rings (SSSR count). The van der Waals surface area contributed by atoms with Crippen LogP contribution in [0.3, 0.4) is 0 Å². The molecule has 2 unspecified atom stereocenters. The average molecular weight is 357 g/mol. The van der Waals surface area contributed by atoms with Crippen LogP contribution in [-0.4, -0.2) is 29.7 Å². The first kappa shape index (κ1) is 22.9. The van der Waals surface area contributed by atoms with Gasteiger partial charge in [0.25, 0.3) is 0 Å². The summed E-state index contributed by atoms with van der Waals surface area (Å²) in [6.45, 7) is 20.4. The average Bonchev–Trinajstić information content (AvgIpc) is 2.39. The van der Waals surface area contributed by atoms with Gasteiger partial charge in [0.15, 0.2) is 6.29 Å². The zero-order valence-corrected chi connectivity index (χ0v) is 18.3. The Morgan fingerprint density at radius 3 is 1.80 bits per heavy atom. The zero-order chi connectivity index (χ0) is 19.5. The Kier molecular flexibility index (Phi) is 7.99. The molecule has 3 heteroatoms. The van der Waals surface area contributed by atoms with Crippen LogP contribution in [0.2, 0.25) is 0 Å². The largest absolute Gasteiger partial charge is 0.373 e. The summed E-state index contributed by atoms with van der Waals surface area (Å²) in [5.41, 5.74) is 0.384. The van der Waals surface area contributed by atoms with Gasteiger partial charge in [-0.3, -0.25) is 0 Å². The molecule has 1 aliphatic carbocycles. The third-order valence-corrected chi connectivity index (χ3v) is 5.20. The highest BCUT2D eigenvalue weighted by Gasteiger charge is 2.37. The van der Waals surface area contributed by atoms with E-state index in [4.69, 9.17) is 9.47 Å². The van der Waals surface area contributed by atoms with E-state index in [1.807, 2.05) is 20.8 Å². The fourth-order valence-corrected chi connectivity index (χ4v) is 4.16. The van der Waals surface area contributed by atoms with E-state index < -0.39 is 6.29 Å². The topological polar surface area (TPSA) is 38.7 Å². The molecule has 0 aromatic rings. The van der Waals surface area contributed by atoms with E-state index >= 15 is 0 Å². The molecule has 1 saturated carbocycles. The van der Waals surface area contributed by atoms with Gasteiger partial charge in [-0.1, -0.05) is 41.5 Å². The fraction of sp³-hybridized carbons (Fsp3) is 1.00. The van der Waals surface area contributed by atoms with Gasteiger partial charge in [-0.15, -0.1) is 0 Å². The molecule has 0 aromatic carbocycles. The SMILES string of the molecule is CC(C)(C)CC(C1CCC(OCC(O)OC(C)(C)C)CC1)C(C)(C)C. The van der Waals surface area contributed by atoms with Crippen molar-refractivity contribution in [2.24, 2.45) is 22.7 Å². The van der Waals surface area contributed by atoms with Crippen molar-refractivity contribution >= 4 is 0 Å². The predicted molar refractivity (Wildman–Crippen MR) is 106 cm³/mol. The molecule has 1 fully saturated rings. The summed E-state index contributed by atoms with van der Waals surface area (Å²) in [4.78, 5) is 0. The third-order valence-electron chi connectivity index (χ3n) is 5.20. The van der Waals surface area contributed by atoms with Gasteiger partial charge >= 0.3 is 0 Å². The van der Waals surface area contributed by atoms with E-state index in [1.165, 1.54) is 19.3 Å². The molecule has 0 radical (unpaired) electrons. The Hall–Kier alpha value is -0.120. The molecule has 25 heavy (non-hydrogen) atoms. The summed E-state index contributed by atoms with van der Waals surface area (Å²) < 4.78 is 11.4. The van der Waals surface area contributed by atoms with Crippen molar-refractivity contribution in [3.8, 4) is 0 Å². The Balaban J connectivity index is 2.48. The van der Waals surface area contributed by atoms with Crippen LogP contribution in [0.5, 0.6) is 0 Å². The zero-order valence-electron chi connectivity index (χ0n) is 18.3. The first-order valence-corrected chi connectivity index (χ1v) is 10.1. The minimum atomic E-state index is -0.832. The van der Waals surface area contributed by atoms with E-state index in [2.05, 4.69) is 41.5 Å². The number of aliphatic hydroxyl groups is 1. The molecule has 1 N–H and O–H groups in total. The first-order valence-electron chi connectivity index (χ1n) is 10.1. The van der Waals surface area contributed by atoms with Crippen LogP contribution in [0.1, 0.15) is 94.4 Å². The summed E-state index contributed by atoms with van der Waals surface area (Å²) in [6.07, 6.45) is 5.39. The van der Waals surface area contributed by atoms with Crippen LogP contribution in [-0.2, 0) is 9.47 Å². The van der Waals surface area contributed by atoms with E-state index in [9.17, 15) is 5.11 Å². The minimum Gasteiger partial charge on any atom is -0.373 e. The Labute approximate surface area is 156 Å². The van der Waals surface area contributed by atoms with Crippen molar-refractivity contribution in [3.63, 3.8) is 0 Å². The van der Waals surface area contributed by atoms with Crippen LogP contribution in [0.4, 0.5) is 0 Å². The van der Waals surface area contributed by atoms with E-state index in [1.54, 1.807) is 0 Å². The van der Waals surface area contributed by atoms with Crippen LogP contribution in [0, 0.1) is 22.7 Å². The second-order valence-corrected chi connectivity index (χ2v) is 11.3. The lowest BCUT2D eigenvalue weighted by atomic mass is 9.63. The Bertz CT molecular complexity index is 376. The molecule has 0 saturated heterocycles. The highest BCUT2D eigenvalue weighted by molar-refractivity contribution is 4.87. The number of hydrogen-bond acceptors (Lipinski definition) is 3. The number of hydrogen-bond donors (Lipinski definition) is 1. The number of ether oxygens (including phenoxy) is 2. The molecule has 0 heterocycles. The van der Waals surface area contributed by atoms with Crippen molar-refractivity contribution in [3.05, 3.63) is 0 Å². The summed E-state index contributed by atoms with van der Waals surface area (Å²) in [5, 5.41) is 9.94. The fourth-order valence-electron chi connectivity index (χ4n) is 4.16. The van der Waals surface area contributed by atoms with E-state index in [0.717, 1.165) is 24.7 Å². The summed E-state index contributed by atoms with van der Waals surface area (Å²) in [7, 11) is 0. The lowest BCUT2D eigenvalue weighted by Gasteiger charge is -2.43. The second-order valence-electron chi connectivity index (χ2n) is 11.3. The normalized spacial score (nSPS) is 25.7. The van der Waals surface area contributed by atoms with Crippen molar-refractivity contribution in [2.45, 2.75) is 112 Å². The molecule has 0 aromatic heterocycles. The van der Waals surface area contributed by atoms with Gasteiger partial charge in [-0.05, 0) is 75.5 Å². The second kappa shape index (κ2) is 8.71. The van der Waals surface area contributed by atoms with Crippen LogP contribution < -0.4 is 0 Å². The van der Waals surface area contributed by atoms with Gasteiger partial charge < -0.3 is 14.6 Å². The van der Waals surface area contributed by atoms with Crippen LogP contribution >= 0.6 is 0 Å². The van der Waals surface area contributed by atoms with Crippen molar-refractivity contribution in [1.29, 1.82) is 0 Å². The molecule has 3 nitrogen and oxygen atoms in total. The Morgan fingerprint density at radius 2 is 1.40 bits per heavy atom. The maximum Gasteiger partial charge on any atom is 0.178 e. The third kappa shape index (κ3) is 9.40. The van der Waals surface area contributed by atoms with E-state index in [0.29, 0.717) is 10.8 Å². The quantitative estimate of drug-likeness (QED) is 0.612. The van der Waals surface area contributed by atoms with Gasteiger partial charge in [0.05, 0.1) is 18.3 Å². The summed E-state index contributed by atoms with van der Waals surface area (Å²) in [5.74, 6) is 1.54. The highest BCUT2D eigenvalue weighted by atomic mass is 16.6. The maximum atomic E-state index is 9.94. The molecule has 0 spiro atoms. The molecule has 0 amide bonds. The minimum absolute atomic E-state index is 0.268. The lowest BCUT2D eigenvalue weighted by Crippen LogP contribution is -2.36. The molecule has 0 aliphatic heterocycles. The van der Waals surface area contributed by atoms with Gasteiger partial charge in [-0.25, -0.2) is 0 Å². The molecule has 1 aliphatic rings. The first-order chi connectivity index (χ1) is 11.2. The Morgan fingerprint density at radius 1 is 0.880 bits per heavy atom.